The molecular weight excluding hydrogens is 294 g/mol. The van der Waals surface area contributed by atoms with E-state index in [1.807, 2.05) is 17.0 Å². The van der Waals surface area contributed by atoms with Crippen LogP contribution in [-0.4, -0.2) is 45.2 Å². The Bertz CT molecular complexity index is 764. The number of nitrogens with one attached hydrogen (secondary N) is 1. The van der Waals surface area contributed by atoms with Gasteiger partial charge >= 0.3 is 5.97 Å². The lowest BCUT2D eigenvalue weighted by Gasteiger charge is -2.25. The van der Waals surface area contributed by atoms with Gasteiger partial charge in [-0.2, -0.15) is 0 Å². The molecular formula is C16H17N5O2. The molecule has 4 heterocycles. The molecule has 1 saturated heterocycles. The van der Waals surface area contributed by atoms with Crippen LogP contribution in [0, 0.1) is 0 Å². The van der Waals surface area contributed by atoms with Crippen molar-refractivity contribution < 1.29 is 9.90 Å². The predicted molar refractivity (Wildman–Crippen MR) is 85.5 cm³/mol. The fourth-order valence-electron chi connectivity index (χ4n) is 3.43. The second kappa shape index (κ2) is 5.49. The Balaban J connectivity index is 1.85. The van der Waals surface area contributed by atoms with Crippen LogP contribution in [-0.2, 0) is 11.2 Å². The third-order valence-corrected chi connectivity index (χ3v) is 4.46. The van der Waals surface area contributed by atoms with E-state index in [1.165, 1.54) is 6.33 Å². The van der Waals surface area contributed by atoms with Crippen molar-refractivity contribution in [1.82, 2.24) is 15.0 Å². The number of aliphatic carboxylic acids is 1. The van der Waals surface area contributed by atoms with E-state index in [2.05, 4.69) is 20.3 Å². The van der Waals surface area contributed by atoms with Gasteiger partial charge in [0, 0.05) is 30.4 Å². The van der Waals surface area contributed by atoms with E-state index >= 15 is 0 Å². The molecule has 23 heavy (non-hydrogen) atoms. The second-order valence-electron chi connectivity index (χ2n) is 5.79. The summed E-state index contributed by atoms with van der Waals surface area (Å²) >= 11 is 0. The number of aromatic nitrogens is 3. The quantitative estimate of drug-likeness (QED) is 0.869. The number of carboxylic acids is 1. The first kappa shape index (κ1) is 13.9. The summed E-state index contributed by atoms with van der Waals surface area (Å²) in [5.74, 6) is 0.772. The van der Waals surface area contributed by atoms with Gasteiger partial charge in [0.2, 0.25) is 0 Å². The summed E-state index contributed by atoms with van der Waals surface area (Å²) in [5, 5.41) is 12.8. The van der Waals surface area contributed by atoms with E-state index in [4.69, 9.17) is 0 Å². The Labute approximate surface area is 133 Å². The maximum Gasteiger partial charge on any atom is 0.326 e. The van der Waals surface area contributed by atoms with Gasteiger partial charge in [-0.1, -0.05) is 0 Å². The largest absolute Gasteiger partial charge is 0.480 e. The molecule has 2 aliphatic heterocycles. The molecule has 7 heteroatoms. The Kier molecular flexibility index (Phi) is 3.33. The monoisotopic (exact) mass is 311 g/mol. The zero-order valence-corrected chi connectivity index (χ0v) is 12.6. The fraction of sp³-hybridized carbons (Fsp3) is 0.375. The Morgan fingerprint density at radius 1 is 1.35 bits per heavy atom. The first-order valence-electron chi connectivity index (χ1n) is 7.78. The van der Waals surface area contributed by atoms with Gasteiger partial charge in [-0.3, -0.25) is 0 Å². The van der Waals surface area contributed by atoms with Crippen molar-refractivity contribution >= 4 is 17.6 Å². The number of carbonyl (C=O) groups is 1. The number of rotatable bonds is 2. The van der Waals surface area contributed by atoms with Gasteiger partial charge in [-0.25, -0.2) is 19.7 Å². The average Bonchev–Trinajstić information content (AvgIpc) is 2.97. The zero-order valence-electron chi connectivity index (χ0n) is 12.6. The van der Waals surface area contributed by atoms with Crippen molar-refractivity contribution in [3.8, 4) is 11.3 Å². The lowest BCUT2D eigenvalue weighted by molar-refractivity contribution is -0.138. The summed E-state index contributed by atoms with van der Waals surface area (Å²) in [4.78, 5) is 26.7. The molecule has 0 aliphatic carbocycles. The van der Waals surface area contributed by atoms with E-state index in [0.717, 1.165) is 47.8 Å². The van der Waals surface area contributed by atoms with Crippen molar-refractivity contribution in [2.24, 2.45) is 0 Å². The molecule has 4 rings (SSSR count). The van der Waals surface area contributed by atoms with E-state index < -0.39 is 12.0 Å². The van der Waals surface area contributed by atoms with Crippen LogP contribution in [0.4, 0.5) is 11.6 Å². The molecule has 0 radical (unpaired) electrons. The topological polar surface area (TPSA) is 91.2 Å². The van der Waals surface area contributed by atoms with Crippen LogP contribution in [0.3, 0.4) is 0 Å². The molecule has 7 nitrogen and oxygen atoms in total. The van der Waals surface area contributed by atoms with Crippen LogP contribution in [0.1, 0.15) is 18.4 Å². The number of anilines is 2. The lowest BCUT2D eigenvalue weighted by Crippen LogP contribution is -2.37. The molecule has 2 aliphatic rings. The molecule has 1 atom stereocenters. The highest BCUT2D eigenvalue weighted by Crippen LogP contribution is 2.36. The Hall–Kier alpha value is -2.70. The summed E-state index contributed by atoms with van der Waals surface area (Å²) in [5.41, 5.74) is 2.79. The lowest BCUT2D eigenvalue weighted by atomic mass is 10.1. The number of hydrogen-bond acceptors (Lipinski definition) is 6. The van der Waals surface area contributed by atoms with Crippen LogP contribution in [0.2, 0.25) is 0 Å². The fourth-order valence-corrected chi connectivity index (χ4v) is 3.43. The molecule has 0 saturated carbocycles. The van der Waals surface area contributed by atoms with Crippen LogP contribution in [0.25, 0.3) is 11.3 Å². The molecule has 118 valence electrons. The van der Waals surface area contributed by atoms with Crippen molar-refractivity contribution in [1.29, 1.82) is 0 Å². The van der Waals surface area contributed by atoms with Crippen molar-refractivity contribution in [2.45, 2.75) is 25.3 Å². The molecule has 0 spiro atoms. The molecule has 0 unspecified atom stereocenters. The predicted octanol–water partition coefficient (Wildman–Crippen LogP) is 1.56. The summed E-state index contributed by atoms with van der Waals surface area (Å²) in [6.45, 7) is 1.44. The summed E-state index contributed by atoms with van der Waals surface area (Å²) in [6, 6.07) is 3.36. The standard InChI is InChI=1S/C16H17N5O2/c22-16(23)12-4-2-8-21(12)15-11-5-7-18-14-10(3-1-6-17-14)13(11)19-9-20-15/h1,3,6,9,12H,2,4-5,7-8H2,(H,17,18)(H,22,23)/t12-/m0/s1. The normalized spacial score (nSPS) is 19.5. The summed E-state index contributed by atoms with van der Waals surface area (Å²) in [6.07, 6.45) is 5.54. The third-order valence-electron chi connectivity index (χ3n) is 4.46. The number of pyridine rings is 1. The minimum absolute atomic E-state index is 0.501. The van der Waals surface area contributed by atoms with Gasteiger partial charge in [-0.05, 0) is 31.4 Å². The smallest absolute Gasteiger partial charge is 0.326 e. The van der Waals surface area contributed by atoms with Gasteiger partial charge in [-0.15, -0.1) is 0 Å². The molecule has 0 aromatic carbocycles. The maximum absolute atomic E-state index is 11.5. The average molecular weight is 311 g/mol. The van der Waals surface area contributed by atoms with Crippen molar-refractivity contribution in [2.75, 3.05) is 23.3 Å². The Morgan fingerprint density at radius 3 is 3.13 bits per heavy atom. The minimum Gasteiger partial charge on any atom is -0.480 e. The highest BCUT2D eigenvalue weighted by molar-refractivity contribution is 5.82. The van der Waals surface area contributed by atoms with Crippen molar-refractivity contribution in [3.63, 3.8) is 0 Å². The number of nitrogens with zero attached hydrogens (tertiary/aromatic N) is 4. The van der Waals surface area contributed by atoms with Gasteiger partial charge in [0.15, 0.2) is 0 Å². The molecule has 2 N–H and O–H groups in total. The number of hydrogen-bond donors (Lipinski definition) is 2. The van der Waals surface area contributed by atoms with E-state index in [0.29, 0.717) is 13.0 Å². The molecule has 2 aromatic heterocycles. The molecule has 0 bridgehead atoms. The van der Waals surface area contributed by atoms with Gasteiger partial charge in [0.25, 0.3) is 0 Å². The summed E-state index contributed by atoms with van der Waals surface area (Å²) in [7, 11) is 0. The van der Waals surface area contributed by atoms with Gasteiger partial charge in [0.1, 0.15) is 24.0 Å². The molecule has 0 amide bonds. The summed E-state index contributed by atoms with van der Waals surface area (Å²) < 4.78 is 0. The van der Waals surface area contributed by atoms with E-state index in [9.17, 15) is 9.90 Å². The third kappa shape index (κ3) is 2.28. The minimum atomic E-state index is -0.788. The van der Waals surface area contributed by atoms with E-state index in [-0.39, 0.29) is 0 Å². The Morgan fingerprint density at radius 2 is 2.26 bits per heavy atom. The highest BCUT2D eigenvalue weighted by atomic mass is 16.4. The maximum atomic E-state index is 11.5. The van der Waals surface area contributed by atoms with Crippen LogP contribution < -0.4 is 10.2 Å². The highest BCUT2D eigenvalue weighted by Gasteiger charge is 2.34. The van der Waals surface area contributed by atoms with Gasteiger partial charge in [0.05, 0.1) is 5.69 Å². The zero-order chi connectivity index (χ0) is 15.8. The number of fused-ring (bicyclic) bond motifs is 3. The SMILES string of the molecule is O=C(O)[C@@H]1CCCN1c1ncnc2c1CCNc1ncccc1-2. The first-order chi connectivity index (χ1) is 11.3. The van der Waals surface area contributed by atoms with E-state index in [1.54, 1.807) is 6.20 Å². The van der Waals surface area contributed by atoms with Gasteiger partial charge < -0.3 is 15.3 Å². The van der Waals surface area contributed by atoms with Crippen LogP contribution in [0.5, 0.6) is 0 Å². The molecule has 1 fully saturated rings. The molecule has 2 aromatic rings. The first-order valence-corrected chi connectivity index (χ1v) is 7.78. The number of carboxylic acid groups (broad SMARTS) is 1. The van der Waals surface area contributed by atoms with Crippen LogP contribution in [0.15, 0.2) is 24.7 Å². The van der Waals surface area contributed by atoms with Crippen LogP contribution >= 0.6 is 0 Å². The second-order valence-corrected chi connectivity index (χ2v) is 5.79. The van der Waals surface area contributed by atoms with Crippen molar-refractivity contribution in [3.05, 3.63) is 30.2 Å².